The van der Waals surface area contributed by atoms with Crippen LogP contribution in [0.3, 0.4) is 0 Å². The minimum Gasteiger partial charge on any atom is -0.396 e. The topological polar surface area (TPSA) is 38.7 Å². The molecule has 3 nitrogen and oxygen atoms in total. The van der Waals surface area contributed by atoms with E-state index in [1.807, 2.05) is 0 Å². The summed E-state index contributed by atoms with van der Waals surface area (Å²) in [4.78, 5) is 0. The van der Waals surface area contributed by atoms with Gasteiger partial charge in [0.2, 0.25) is 0 Å². The van der Waals surface area contributed by atoms with Crippen molar-refractivity contribution in [2.75, 3.05) is 26.0 Å². The highest BCUT2D eigenvalue weighted by Gasteiger charge is 2.09. The largest absolute Gasteiger partial charge is 0.396 e. The Morgan fingerprint density at radius 1 is 0.933 bits per heavy atom. The van der Waals surface area contributed by atoms with E-state index in [4.69, 9.17) is 14.2 Å². The van der Waals surface area contributed by atoms with Crippen molar-refractivity contribution in [3.8, 4) is 0 Å². The van der Waals surface area contributed by atoms with Gasteiger partial charge in [0.1, 0.15) is 0 Å². The second-order valence-corrected chi connectivity index (χ2v) is 5.14. The molecule has 0 bridgehead atoms. The van der Waals surface area contributed by atoms with Crippen LogP contribution in [0, 0.1) is 0 Å². The number of hydrogen-bond donors (Lipinski definition) is 1. The van der Waals surface area contributed by atoms with Crippen molar-refractivity contribution in [1.29, 1.82) is 0 Å². The molecule has 92 valence electrons. The summed E-state index contributed by atoms with van der Waals surface area (Å²) in [6.45, 7) is 6.13. The van der Waals surface area contributed by atoms with Crippen molar-refractivity contribution in [2.45, 2.75) is 46.0 Å². The summed E-state index contributed by atoms with van der Waals surface area (Å²) >= 11 is 0. The van der Waals surface area contributed by atoms with Gasteiger partial charge in [0.25, 0.3) is 0 Å². The van der Waals surface area contributed by atoms with E-state index in [1.54, 1.807) is 0 Å². The zero-order valence-corrected chi connectivity index (χ0v) is 11.0. The Hall–Kier alpha value is 0.310. The summed E-state index contributed by atoms with van der Waals surface area (Å²) in [7, 11) is -0.701. The lowest BCUT2D eigenvalue weighted by molar-refractivity contribution is 0.243. The molecule has 0 heterocycles. The molecule has 4 heteroatoms. The molecule has 0 saturated carbocycles. The van der Waals surface area contributed by atoms with Gasteiger partial charge in [0.05, 0.1) is 13.2 Å². The van der Waals surface area contributed by atoms with Crippen LogP contribution in [0.15, 0.2) is 0 Å². The second kappa shape index (κ2) is 12.4. The van der Waals surface area contributed by atoms with E-state index in [9.17, 15) is 0 Å². The molecule has 0 aromatic heterocycles. The molecule has 0 aromatic carbocycles. The predicted octanol–water partition coefficient (Wildman–Crippen LogP) is 3.31. The Morgan fingerprint density at radius 3 is 2.27 bits per heavy atom. The Kier molecular flexibility index (Phi) is 12.6. The Bertz CT molecular complexity index is 112. The molecular formula is C11H25O3P. The van der Waals surface area contributed by atoms with Gasteiger partial charge in [-0.25, -0.2) is 0 Å². The van der Waals surface area contributed by atoms with Crippen molar-refractivity contribution in [3.63, 3.8) is 0 Å². The summed E-state index contributed by atoms with van der Waals surface area (Å²) in [6, 6.07) is 0. The van der Waals surface area contributed by atoms with Crippen molar-refractivity contribution >= 4 is 8.38 Å². The van der Waals surface area contributed by atoms with Crippen molar-refractivity contribution in [3.05, 3.63) is 0 Å². The van der Waals surface area contributed by atoms with Gasteiger partial charge in [-0.15, -0.1) is 0 Å². The highest BCUT2D eigenvalue weighted by atomic mass is 31.2. The fourth-order valence-electron chi connectivity index (χ4n) is 1.02. The number of hydrogen-bond acceptors (Lipinski definition) is 3. The molecule has 0 rings (SSSR count). The molecule has 1 atom stereocenters. The van der Waals surface area contributed by atoms with Gasteiger partial charge in [-0.2, -0.15) is 0 Å². The van der Waals surface area contributed by atoms with E-state index >= 15 is 0 Å². The van der Waals surface area contributed by atoms with Crippen LogP contribution in [-0.4, -0.2) is 31.1 Å². The molecule has 1 N–H and O–H groups in total. The lowest BCUT2D eigenvalue weighted by Crippen LogP contribution is -1.99. The normalized spacial score (nSPS) is 13.0. The summed E-state index contributed by atoms with van der Waals surface area (Å²) in [5.41, 5.74) is 0. The number of rotatable bonds is 11. The second-order valence-electron chi connectivity index (χ2n) is 3.51. The van der Waals surface area contributed by atoms with Gasteiger partial charge in [-0.1, -0.05) is 20.3 Å². The fraction of sp³-hybridized carbons (Fsp3) is 1.00. The SMILES string of the molecule is CCCCOP(CCCCO)OCCC. The van der Waals surface area contributed by atoms with Gasteiger partial charge in [-0.05, 0) is 25.7 Å². The molecule has 0 radical (unpaired) electrons. The lowest BCUT2D eigenvalue weighted by Gasteiger charge is -2.16. The Morgan fingerprint density at radius 2 is 1.67 bits per heavy atom. The first-order chi connectivity index (χ1) is 7.35. The van der Waals surface area contributed by atoms with Gasteiger partial charge in [-0.3, -0.25) is 0 Å². The van der Waals surface area contributed by atoms with Crippen LogP contribution in [-0.2, 0) is 9.05 Å². The lowest BCUT2D eigenvalue weighted by atomic mass is 10.4. The van der Waals surface area contributed by atoms with Gasteiger partial charge >= 0.3 is 0 Å². The van der Waals surface area contributed by atoms with Crippen LogP contribution in [0.1, 0.15) is 46.0 Å². The van der Waals surface area contributed by atoms with Gasteiger partial charge < -0.3 is 14.2 Å². The minimum absolute atomic E-state index is 0.270. The molecule has 0 aromatic rings. The summed E-state index contributed by atoms with van der Waals surface area (Å²) in [6.07, 6.45) is 6.11. The first-order valence-electron chi connectivity index (χ1n) is 5.99. The fourth-order valence-corrected chi connectivity index (χ4v) is 2.56. The zero-order valence-electron chi connectivity index (χ0n) is 10.1. The van der Waals surface area contributed by atoms with Crippen LogP contribution in [0.2, 0.25) is 0 Å². The molecule has 0 amide bonds. The zero-order chi connectivity index (χ0) is 11.4. The van der Waals surface area contributed by atoms with E-state index in [-0.39, 0.29) is 6.61 Å². The van der Waals surface area contributed by atoms with E-state index in [2.05, 4.69) is 13.8 Å². The van der Waals surface area contributed by atoms with Crippen LogP contribution in [0.5, 0.6) is 0 Å². The minimum atomic E-state index is -0.701. The quantitative estimate of drug-likeness (QED) is 0.442. The average molecular weight is 236 g/mol. The van der Waals surface area contributed by atoms with Gasteiger partial charge in [0.15, 0.2) is 8.38 Å². The molecule has 0 spiro atoms. The summed E-state index contributed by atoms with van der Waals surface area (Å²) in [5, 5.41) is 8.69. The molecule has 15 heavy (non-hydrogen) atoms. The van der Waals surface area contributed by atoms with Gasteiger partial charge in [0, 0.05) is 12.8 Å². The molecular weight excluding hydrogens is 211 g/mol. The number of unbranched alkanes of at least 4 members (excludes halogenated alkanes) is 2. The van der Waals surface area contributed by atoms with E-state index in [0.717, 1.165) is 51.5 Å². The third kappa shape index (κ3) is 10.6. The third-order valence-electron chi connectivity index (χ3n) is 1.92. The molecule has 0 aliphatic heterocycles. The highest BCUT2D eigenvalue weighted by molar-refractivity contribution is 7.47. The van der Waals surface area contributed by atoms with Crippen LogP contribution >= 0.6 is 8.38 Å². The van der Waals surface area contributed by atoms with Crippen LogP contribution in [0.4, 0.5) is 0 Å². The maximum atomic E-state index is 8.69. The molecule has 1 unspecified atom stereocenters. The van der Waals surface area contributed by atoms with E-state index < -0.39 is 8.38 Å². The summed E-state index contributed by atoms with van der Waals surface area (Å²) < 4.78 is 11.3. The first kappa shape index (κ1) is 15.3. The first-order valence-corrected chi connectivity index (χ1v) is 7.35. The monoisotopic (exact) mass is 236 g/mol. The average Bonchev–Trinajstić information content (AvgIpc) is 2.25. The van der Waals surface area contributed by atoms with E-state index in [1.165, 1.54) is 0 Å². The number of aliphatic hydroxyl groups excluding tert-OH is 1. The molecule has 0 saturated heterocycles. The predicted molar refractivity (Wildman–Crippen MR) is 65.2 cm³/mol. The van der Waals surface area contributed by atoms with E-state index in [0.29, 0.717) is 0 Å². The van der Waals surface area contributed by atoms with Crippen LogP contribution < -0.4 is 0 Å². The van der Waals surface area contributed by atoms with Crippen molar-refractivity contribution < 1.29 is 14.2 Å². The standard InChI is InChI=1S/C11H25O3P/c1-3-5-10-14-15(13-9-4-2)11-7-6-8-12/h12H,3-11H2,1-2H3. The molecule has 0 aliphatic rings. The number of aliphatic hydroxyl groups is 1. The maximum absolute atomic E-state index is 8.69. The maximum Gasteiger partial charge on any atom is 0.170 e. The molecule has 0 aliphatic carbocycles. The van der Waals surface area contributed by atoms with Crippen molar-refractivity contribution in [1.82, 2.24) is 0 Å². The Labute approximate surface area is 95.1 Å². The smallest absolute Gasteiger partial charge is 0.170 e. The third-order valence-corrected chi connectivity index (χ3v) is 3.54. The van der Waals surface area contributed by atoms with Crippen molar-refractivity contribution in [2.24, 2.45) is 0 Å². The summed E-state index contributed by atoms with van der Waals surface area (Å²) in [5.74, 6) is 0. The highest BCUT2D eigenvalue weighted by Crippen LogP contribution is 2.39. The molecule has 0 fully saturated rings. The Balaban J connectivity index is 3.53. The van der Waals surface area contributed by atoms with Crippen LogP contribution in [0.25, 0.3) is 0 Å².